The number of carbonyl (C=O) groups excluding carboxylic acids is 2. The first-order valence-electron chi connectivity index (χ1n) is 9.46. The molecule has 0 radical (unpaired) electrons. The van der Waals surface area contributed by atoms with Crippen LogP contribution < -0.4 is 5.32 Å². The molecule has 2 aromatic rings. The van der Waals surface area contributed by atoms with Gasteiger partial charge in [0.1, 0.15) is 5.54 Å². The van der Waals surface area contributed by atoms with Crippen LogP contribution in [0.15, 0.2) is 30.6 Å². The number of aryl methyl sites for hydroxylation is 1. The van der Waals surface area contributed by atoms with E-state index < -0.39 is 5.54 Å². The van der Waals surface area contributed by atoms with Crippen molar-refractivity contribution < 1.29 is 9.59 Å². The fourth-order valence-corrected chi connectivity index (χ4v) is 4.85. The molecule has 0 atom stereocenters. The van der Waals surface area contributed by atoms with E-state index in [0.717, 1.165) is 35.7 Å². The van der Waals surface area contributed by atoms with E-state index in [0.29, 0.717) is 26.2 Å². The minimum Gasteiger partial charge on any atom is -0.337 e. The highest BCUT2D eigenvalue weighted by Crippen LogP contribution is 2.30. The second kappa shape index (κ2) is 7.44. The molecule has 2 aliphatic rings. The van der Waals surface area contributed by atoms with E-state index in [-0.39, 0.29) is 11.8 Å². The summed E-state index contributed by atoms with van der Waals surface area (Å²) >= 11 is 1.53. The number of nitrogens with one attached hydrogen (secondary N) is 1. The van der Waals surface area contributed by atoms with Crippen LogP contribution in [-0.2, 0) is 10.3 Å². The highest BCUT2D eigenvalue weighted by atomic mass is 32.1. The zero-order valence-electron chi connectivity index (χ0n) is 15.6. The maximum atomic E-state index is 13.5. The van der Waals surface area contributed by atoms with Gasteiger partial charge in [-0.3, -0.25) is 14.3 Å². The van der Waals surface area contributed by atoms with Gasteiger partial charge in [0.05, 0.1) is 4.88 Å². The predicted octanol–water partition coefficient (Wildman–Crippen LogP) is 1.32. The summed E-state index contributed by atoms with van der Waals surface area (Å²) in [5.41, 5.74) is -0.605. The van der Waals surface area contributed by atoms with Gasteiger partial charge in [-0.25, -0.2) is 0 Å². The van der Waals surface area contributed by atoms with Gasteiger partial charge >= 0.3 is 0 Å². The monoisotopic (exact) mass is 387 g/mol. The molecule has 4 rings (SSSR count). The van der Waals surface area contributed by atoms with Crippen LogP contribution in [0.2, 0.25) is 0 Å². The average molecular weight is 388 g/mol. The van der Waals surface area contributed by atoms with E-state index in [4.69, 9.17) is 0 Å². The fraction of sp³-hybridized carbons (Fsp3) is 0.526. The number of nitrogens with zero attached hydrogens (tertiary/aromatic N) is 4. The van der Waals surface area contributed by atoms with Gasteiger partial charge in [-0.05, 0) is 51.1 Å². The number of hydrogen-bond acceptors (Lipinski definition) is 5. The van der Waals surface area contributed by atoms with E-state index in [9.17, 15) is 9.59 Å². The lowest BCUT2D eigenvalue weighted by Gasteiger charge is -2.43. The molecular weight excluding hydrogens is 362 g/mol. The molecule has 4 heterocycles. The average Bonchev–Trinajstić information content (AvgIpc) is 3.40. The van der Waals surface area contributed by atoms with E-state index in [1.54, 1.807) is 6.20 Å². The van der Waals surface area contributed by atoms with E-state index >= 15 is 0 Å². The van der Waals surface area contributed by atoms with Crippen molar-refractivity contribution in [2.45, 2.75) is 25.3 Å². The normalized spacial score (nSPS) is 19.9. The maximum absolute atomic E-state index is 13.5. The van der Waals surface area contributed by atoms with Crippen molar-refractivity contribution in [2.24, 2.45) is 0 Å². The number of carbonyl (C=O) groups is 2. The summed E-state index contributed by atoms with van der Waals surface area (Å²) in [4.78, 5) is 31.8. The molecule has 2 saturated heterocycles. The zero-order valence-corrected chi connectivity index (χ0v) is 16.4. The minimum absolute atomic E-state index is 0.0730. The van der Waals surface area contributed by atoms with Crippen LogP contribution >= 0.6 is 11.3 Å². The van der Waals surface area contributed by atoms with Crippen molar-refractivity contribution in [3.63, 3.8) is 0 Å². The molecule has 27 heavy (non-hydrogen) atoms. The molecule has 144 valence electrons. The Balaban J connectivity index is 1.45. The number of hydrogen-bond donors (Lipinski definition) is 1. The Hall–Kier alpha value is -2.19. The summed E-state index contributed by atoms with van der Waals surface area (Å²) in [5, 5.41) is 7.73. The summed E-state index contributed by atoms with van der Waals surface area (Å²) in [6.45, 7) is 5.93. The third-order valence-corrected chi connectivity index (χ3v) is 6.57. The van der Waals surface area contributed by atoms with Gasteiger partial charge in [0.25, 0.3) is 11.8 Å². The summed E-state index contributed by atoms with van der Waals surface area (Å²) in [6, 6.07) is 5.74. The zero-order chi connectivity index (χ0) is 18.9. The van der Waals surface area contributed by atoms with Crippen molar-refractivity contribution >= 4 is 23.2 Å². The predicted molar refractivity (Wildman–Crippen MR) is 104 cm³/mol. The van der Waals surface area contributed by atoms with Crippen LogP contribution in [0.25, 0.3) is 0 Å². The van der Waals surface area contributed by atoms with Gasteiger partial charge < -0.3 is 15.1 Å². The van der Waals surface area contributed by atoms with Crippen molar-refractivity contribution in [1.29, 1.82) is 0 Å². The number of rotatable bonds is 3. The first-order valence-corrected chi connectivity index (χ1v) is 10.3. The first kappa shape index (κ1) is 18.2. The third kappa shape index (κ3) is 3.39. The Bertz CT molecular complexity index is 802. The summed E-state index contributed by atoms with van der Waals surface area (Å²) in [7, 11) is 0. The second-order valence-electron chi connectivity index (χ2n) is 7.23. The lowest BCUT2D eigenvalue weighted by atomic mass is 9.86. The highest BCUT2D eigenvalue weighted by molar-refractivity contribution is 7.13. The van der Waals surface area contributed by atoms with E-state index in [1.165, 1.54) is 11.3 Å². The quantitative estimate of drug-likeness (QED) is 0.862. The van der Waals surface area contributed by atoms with Gasteiger partial charge in [-0.2, -0.15) is 5.10 Å². The van der Waals surface area contributed by atoms with Crippen LogP contribution in [0.5, 0.6) is 0 Å². The molecule has 7 nitrogen and oxygen atoms in total. The van der Waals surface area contributed by atoms with Crippen LogP contribution in [0, 0.1) is 6.92 Å². The number of amides is 2. The summed E-state index contributed by atoms with van der Waals surface area (Å²) in [5.74, 6) is 0.204. The summed E-state index contributed by atoms with van der Waals surface area (Å²) in [6.07, 6.45) is 5.10. The van der Waals surface area contributed by atoms with Crippen molar-refractivity contribution in [3.8, 4) is 0 Å². The molecule has 0 aliphatic carbocycles. The Morgan fingerprint density at radius 2 is 1.81 bits per heavy atom. The fourth-order valence-electron chi connectivity index (χ4n) is 4.02. The first-order chi connectivity index (χ1) is 13.1. The molecule has 2 aromatic heterocycles. The molecule has 2 aliphatic heterocycles. The van der Waals surface area contributed by atoms with Gasteiger partial charge in [0.2, 0.25) is 0 Å². The largest absolute Gasteiger partial charge is 0.337 e. The molecule has 1 N–H and O–H groups in total. The Kier molecular flexibility index (Phi) is 5.01. The smallest absolute Gasteiger partial charge is 0.264 e. The molecule has 8 heteroatoms. The molecular formula is C19H25N5O2S. The van der Waals surface area contributed by atoms with Crippen LogP contribution in [0.4, 0.5) is 0 Å². The van der Waals surface area contributed by atoms with Crippen molar-refractivity contribution in [3.05, 3.63) is 40.3 Å². The minimum atomic E-state index is -0.605. The molecule has 0 bridgehead atoms. The Labute approximate surface area is 162 Å². The molecule has 0 saturated carbocycles. The lowest BCUT2D eigenvalue weighted by Crippen LogP contribution is -2.59. The van der Waals surface area contributed by atoms with Crippen LogP contribution in [0.3, 0.4) is 0 Å². The highest BCUT2D eigenvalue weighted by Gasteiger charge is 2.45. The van der Waals surface area contributed by atoms with Crippen LogP contribution in [0.1, 0.15) is 27.4 Å². The molecule has 0 spiro atoms. The Morgan fingerprint density at radius 3 is 2.41 bits per heavy atom. The number of piperidine rings is 1. The Morgan fingerprint density at radius 1 is 1.11 bits per heavy atom. The lowest BCUT2D eigenvalue weighted by molar-refractivity contribution is -0.144. The standard InChI is InChI=1S/C19H25N5O2S/c1-15-3-4-16(27-15)17(25)22-11-13-23(14-12-22)18(26)19(5-8-20-9-6-19)24-10-2-7-21-24/h2-4,7,10,20H,5-6,8-9,11-14H2,1H3. The number of piperazine rings is 1. The van der Waals surface area contributed by atoms with Gasteiger partial charge in [0.15, 0.2) is 0 Å². The number of thiophene rings is 1. The third-order valence-electron chi connectivity index (χ3n) is 5.58. The van der Waals surface area contributed by atoms with Crippen LogP contribution in [-0.4, -0.2) is 70.7 Å². The van der Waals surface area contributed by atoms with Gasteiger partial charge in [0, 0.05) is 43.4 Å². The van der Waals surface area contributed by atoms with Crippen molar-refractivity contribution in [2.75, 3.05) is 39.3 Å². The van der Waals surface area contributed by atoms with Gasteiger partial charge in [-0.15, -0.1) is 11.3 Å². The topological polar surface area (TPSA) is 70.5 Å². The SMILES string of the molecule is Cc1ccc(C(=O)N2CCN(C(=O)C3(n4cccn4)CCNCC3)CC2)s1. The van der Waals surface area contributed by atoms with Crippen molar-refractivity contribution in [1.82, 2.24) is 24.9 Å². The maximum Gasteiger partial charge on any atom is 0.264 e. The van der Waals surface area contributed by atoms with Gasteiger partial charge in [-0.1, -0.05) is 0 Å². The second-order valence-corrected chi connectivity index (χ2v) is 8.51. The molecule has 2 fully saturated rings. The molecule has 2 amide bonds. The molecule has 0 aromatic carbocycles. The van der Waals surface area contributed by atoms with E-state index in [2.05, 4.69) is 10.4 Å². The number of aromatic nitrogens is 2. The summed E-state index contributed by atoms with van der Waals surface area (Å²) < 4.78 is 1.84. The molecule has 0 unspecified atom stereocenters. The van der Waals surface area contributed by atoms with E-state index in [1.807, 2.05) is 45.8 Å².